The first-order valence-corrected chi connectivity index (χ1v) is 10.6. The average molecular weight is 540 g/mol. The molecule has 0 spiro atoms. The number of nitrogens with one attached hydrogen (secondary N) is 2. The van der Waals surface area contributed by atoms with Crippen molar-refractivity contribution in [3.63, 3.8) is 0 Å². The minimum atomic E-state index is 0. The fourth-order valence-corrected chi connectivity index (χ4v) is 3.72. The maximum absolute atomic E-state index is 4.83. The zero-order valence-electron chi connectivity index (χ0n) is 18.7. The largest absolute Gasteiger partial charge is 0.357 e. The summed E-state index contributed by atoms with van der Waals surface area (Å²) < 4.78 is 1.99. The Bertz CT molecular complexity index is 1210. The molecule has 2 aromatic heterocycles. The SMILES string of the molecule is CCNC(=NCc1ccccc1-n1nc(C)cc1C)NCc1cccc2cccnc12.I. The highest BCUT2D eigenvalue weighted by Crippen LogP contribution is 2.18. The molecule has 2 heterocycles. The van der Waals surface area contributed by atoms with E-state index >= 15 is 0 Å². The van der Waals surface area contributed by atoms with Gasteiger partial charge in [-0.25, -0.2) is 9.67 Å². The summed E-state index contributed by atoms with van der Waals surface area (Å²) >= 11 is 0. The number of benzene rings is 2. The van der Waals surface area contributed by atoms with Gasteiger partial charge in [-0.05, 0) is 50.1 Å². The summed E-state index contributed by atoms with van der Waals surface area (Å²) in [6, 6.07) is 20.7. The van der Waals surface area contributed by atoms with E-state index < -0.39 is 0 Å². The van der Waals surface area contributed by atoms with Crippen molar-refractivity contribution in [2.45, 2.75) is 33.9 Å². The van der Waals surface area contributed by atoms with Crippen molar-refractivity contribution in [3.8, 4) is 5.69 Å². The Labute approximate surface area is 206 Å². The quantitative estimate of drug-likeness (QED) is 0.207. The summed E-state index contributed by atoms with van der Waals surface area (Å²) in [7, 11) is 0. The van der Waals surface area contributed by atoms with E-state index in [1.54, 1.807) is 0 Å². The van der Waals surface area contributed by atoms with Crippen molar-refractivity contribution in [1.29, 1.82) is 0 Å². The van der Waals surface area contributed by atoms with E-state index in [2.05, 4.69) is 77.0 Å². The molecule has 32 heavy (non-hydrogen) atoms. The molecular formula is C25H29IN6. The maximum Gasteiger partial charge on any atom is 0.191 e. The maximum atomic E-state index is 4.83. The Balaban J connectivity index is 0.00000289. The molecule has 0 unspecified atom stereocenters. The van der Waals surface area contributed by atoms with Gasteiger partial charge < -0.3 is 10.6 Å². The van der Waals surface area contributed by atoms with Crippen molar-refractivity contribution < 1.29 is 0 Å². The Hall–Kier alpha value is -2.94. The Morgan fingerprint density at radius 1 is 0.969 bits per heavy atom. The number of nitrogens with zero attached hydrogens (tertiary/aromatic N) is 4. The van der Waals surface area contributed by atoms with Gasteiger partial charge in [0.1, 0.15) is 0 Å². The van der Waals surface area contributed by atoms with Gasteiger partial charge in [0.05, 0.1) is 23.4 Å². The third-order valence-corrected chi connectivity index (χ3v) is 5.14. The first-order valence-electron chi connectivity index (χ1n) is 10.6. The van der Waals surface area contributed by atoms with E-state index in [-0.39, 0.29) is 24.0 Å². The minimum Gasteiger partial charge on any atom is -0.357 e. The van der Waals surface area contributed by atoms with E-state index in [9.17, 15) is 0 Å². The monoisotopic (exact) mass is 540 g/mol. The predicted molar refractivity (Wildman–Crippen MR) is 142 cm³/mol. The van der Waals surface area contributed by atoms with Gasteiger partial charge in [-0.2, -0.15) is 5.10 Å². The Morgan fingerprint density at radius 3 is 2.53 bits per heavy atom. The summed E-state index contributed by atoms with van der Waals surface area (Å²) in [6.07, 6.45) is 1.83. The smallest absolute Gasteiger partial charge is 0.191 e. The lowest BCUT2D eigenvalue weighted by atomic mass is 10.1. The summed E-state index contributed by atoms with van der Waals surface area (Å²) in [5, 5.41) is 12.6. The topological polar surface area (TPSA) is 67.1 Å². The molecule has 0 aliphatic rings. The van der Waals surface area contributed by atoms with Crippen LogP contribution in [-0.4, -0.2) is 27.3 Å². The van der Waals surface area contributed by atoms with Crippen LogP contribution in [0.1, 0.15) is 29.4 Å². The molecule has 4 rings (SSSR count). The van der Waals surface area contributed by atoms with Crippen LogP contribution in [0.4, 0.5) is 0 Å². The molecule has 0 bridgehead atoms. The van der Waals surface area contributed by atoms with E-state index in [4.69, 9.17) is 4.99 Å². The molecule has 6 nitrogen and oxygen atoms in total. The summed E-state index contributed by atoms with van der Waals surface area (Å²) in [6.45, 7) is 8.15. The highest BCUT2D eigenvalue weighted by atomic mass is 127. The van der Waals surface area contributed by atoms with Gasteiger partial charge in [0, 0.05) is 30.4 Å². The van der Waals surface area contributed by atoms with E-state index in [0.717, 1.165) is 51.6 Å². The van der Waals surface area contributed by atoms with E-state index in [1.165, 1.54) is 0 Å². The molecule has 2 N–H and O–H groups in total. The third-order valence-electron chi connectivity index (χ3n) is 5.14. The average Bonchev–Trinajstić information content (AvgIpc) is 3.13. The number of hydrogen-bond donors (Lipinski definition) is 2. The van der Waals surface area contributed by atoms with Crippen molar-refractivity contribution in [3.05, 3.63) is 89.4 Å². The van der Waals surface area contributed by atoms with Crippen LogP contribution in [0.5, 0.6) is 0 Å². The Morgan fingerprint density at radius 2 is 1.75 bits per heavy atom. The molecule has 0 atom stereocenters. The number of hydrogen-bond acceptors (Lipinski definition) is 3. The van der Waals surface area contributed by atoms with Crippen LogP contribution < -0.4 is 10.6 Å². The van der Waals surface area contributed by atoms with Gasteiger partial charge in [0.25, 0.3) is 0 Å². The highest BCUT2D eigenvalue weighted by molar-refractivity contribution is 14.0. The third kappa shape index (κ3) is 5.45. The van der Waals surface area contributed by atoms with Crippen LogP contribution in [0.15, 0.2) is 71.9 Å². The molecule has 0 amide bonds. The number of fused-ring (bicyclic) bond motifs is 1. The number of rotatable bonds is 6. The number of para-hydroxylation sites is 2. The van der Waals surface area contributed by atoms with Gasteiger partial charge in [-0.15, -0.1) is 24.0 Å². The standard InChI is InChI=1S/C25H28N6.HI/c1-4-26-25(29-17-22-11-7-10-20-12-8-14-27-24(20)22)28-16-21-9-5-6-13-23(21)31-19(3)15-18(2)30-31;/h5-15H,4,16-17H2,1-3H3,(H2,26,28,29);1H. The number of pyridine rings is 1. The number of aromatic nitrogens is 3. The van der Waals surface area contributed by atoms with Crippen molar-refractivity contribution in [1.82, 2.24) is 25.4 Å². The van der Waals surface area contributed by atoms with Gasteiger partial charge >= 0.3 is 0 Å². The van der Waals surface area contributed by atoms with E-state index in [0.29, 0.717) is 13.1 Å². The molecule has 2 aromatic carbocycles. The van der Waals surface area contributed by atoms with Gasteiger partial charge in [-0.3, -0.25) is 4.98 Å². The number of aryl methyl sites for hydroxylation is 2. The van der Waals surface area contributed by atoms with Crippen LogP contribution in [0.25, 0.3) is 16.6 Å². The summed E-state index contributed by atoms with van der Waals surface area (Å²) in [5.41, 5.74) is 6.47. The second-order valence-corrected chi connectivity index (χ2v) is 7.51. The second-order valence-electron chi connectivity index (χ2n) is 7.51. The van der Waals surface area contributed by atoms with Crippen LogP contribution in [-0.2, 0) is 13.1 Å². The van der Waals surface area contributed by atoms with Gasteiger partial charge in [0.2, 0.25) is 0 Å². The van der Waals surface area contributed by atoms with Crippen LogP contribution in [0, 0.1) is 13.8 Å². The first kappa shape index (κ1) is 23.7. The summed E-state index contributed by atoms with van der Waals surface area (Å²) in [5.74, 6) is 0.776. The summed E-state index contributed by atoms with van der Waals surface area (Å²) in [4.78, 5) is 9.38. The van der Waals surface area contributed by atoms with Gasteiger partial charge in [0.15, 0.2) is 5.96 Å². The van der Waals surface area contributed by atoms with Crippen molar-refractivity contribution in [2.24, 2.45) is 4.99 Å². The molecule has 7 heteroatoms. The number of guanidine groups is 1. The minimum absolute atomic E-state index is 0. The fourth-order valence-electron chi connectivity index (χ4n) is 3.72. The highest BCUT2D eigenvalue weighted by Gasteiger charge is 2.09. The molecule has 0 aliphatic heterocycles. The lowest BCUT2D eigenvalue weighted by Gasteiger charge is -2.14. The molecule has 0 fully saturated rings. The molecular weight excluding hydrogens is 511 g/mol. The predicted octanol–water partition coefficient (Wildman–Crippen LogP) is 4.91. The Kier molecular flexibility index (Phi) is 8.21. The lowest BCUT2D eigenvalue weighted by molar-refractivity contribution is 0.802. The van der Waals surface area contributed by atoms with Crippen molar-refractivity contribution in [2.75, 3.05) is 6.54 Å². The lowest BCUT2D eigenvalue weighted by Crippen LogP contribution is -2.36. The molecule has 0 aliphatic carbocycles. The van der Waals surface area contributed by atoms with Crippen LogP contribution >= 0.6 is 24.0 Å². The molecule has 0 saturated heterocycles. The molecule has 0 saturated carbocycles. The molecule has 4 aromatic rings. The molecule has 0 radical (unpaired) electrons. The zero-order chi connectivity index (χ0) is 21.6. The number of halogens is 1. The molecule has 166 valence electrons. The van der Waals surface area contributed by atoms with Crippen LogP contribution in [0.2, 0.25) is 0 Å². The first-order chi connectivity index (χ1) is 15.2. The van der Waals surface area contributed by atoms with Gasteiger partial charge in [-0.1, -0.05) is 42.5 Å². The van der Waals surface area contributed by atoms with Crippen molar-refractivity contribution >= 4 is 40.8 Å². The number of aliphatic imine (C=N–C) groups is 1. The van der Waals surface area contributed by atoms with Crippen LogP contribution in [0.3, 0.4) is 0 Å². The zero-order valence-corrected chi connectivity index (χ0v) is 21.0. The second kappa shape index (κ2) is 11.1. The van der Waals surface area contributed by atoms with E-state index in [1.807, 2.05) is 36.0 Å². The fraction of sp³-hybridized carbons (Fsp3) is 0.240. The normalized spacial score (nSPS) is 11.3.